The van der Waals surface area contributed by atoms with E-state index in [4.69, 9.17) is 5.11 Å². The molecule has 0 aliphatic heterocycles. The lowest BCUT2D eigenvalue weighted by Crippen LogP contribution is -2.12. The molecule has 1 aromatic carbocycles. The fraction of sp³-hybridized carbons (Fsp3) is 0.0714. The van der Waals surface area contributed by atoms with E-state index in [0.717, 1.165) is 7.57 Å². The zero-order chi connectivity index (χ0) is 14.5. The van der Waals surface area contributed by atoms with Crippen molar-refractivity contribution in [2.45, 2.75) is 0 Å². The highest BCUT2D eigenvalue weighted by atomic mass is 79.9. The summed E-state index contributed by atoms with van der Waals surface area (Å²) in [5.74, 6) is 5.17. The molecule has 0 radical (unpaired) electrons. The van der Waals surface area contributed by atoms with Gasteiger partial charge in [0.25, 0.3) is 5.91 Å². The molecule has 6 heteroatoms. The van der Waals surface area contributed by atoms with Crippen molar-refractivity contribution in [2.24, 2.45) is 0 Å². The minimum Gasteiger partial charge on any atom is -0.384 e. The molecule has 0 unspecified atom stereocenters. The summed E-state index contributed by atoms with van der Waals surface area (Å²) in [6, 6.07) is 8.96. The minimum atomic E-state index is -0.217. The molecule has 0 saturated heterocycles. The Bertz CT molecular complexity index is 701. The molecule has 0 aliphatic rings. The van der Waals surface area contributed by atoms with E-state index in [1.54, 1.807) is 18.2 Å². The fourth-order valence-corrected chi connectivity index (χ4v) is 4.31. The monoisotopic (exact) mass is 413 g/mol. The van der Waals surface area contributed by atoms with E-state index in [-0.39, 0.29) is 12.5 Å². The van der Waals surface area contributed by atoms with Crippen LogP contribution in [0.1, 0.15) is 15.9 Å². The van der Waals surface area contributed by atoms with Gasteiger partial charge in [0.1, 0.15) is 6.61 Å². The van der Waals surface area contributed by atoms with Crippen LogP contribution >= 0.6 is 43.2 Å². The number of aliphatic hydroxyl groups is 1. The summed E-state index contributed by atoms with van der Waals surface area (Å²) in [4.78, 5) is 12.2. The number of amides is 1. The van der Waals surface area contributed by atoms with E-state index in [1.807, 2.05) is 12.1 Å². The second-order valence-electron chi connectivity index (χ2n) is 3.70. The van der Waals surface area contributed by atoms with Crippen molar-refractivity contribution in [1.82, 2.24) is 0 Å². The lowest BCUT2D eigenvalue weighted by Gasteiger charge is -2.06. The number of aliphatic hydroxyl groups excluding tert-OH is 1. The number of hydrogen-bond donors (Lipinski definition) is 2. The summed E-state index contributed by atoms with van der Waals surface area (Å²) in [5, 5.41) is 11.6. The zero-order valence-electron chi connectivity index (χ0n) is 10.1. The summed E-state index contributed by atoms with van der Waals surface area (Å²) in [6.07, 6.45) is 0. The molecule has 0 bridgehead atoms. The van der Waals surface area contributed by atoms with Gasteiger partial charge < -0.3 is 10.4 Å². The molecule has 3 nitrogen and oxygen atoms in total. The third-order valence-electron chi connectivity index (χ3n) is 2.38. The van der Waals surface area contributed by atoms with Crippen LogP contribution in [0, 0.1) is 11.8 Å². The SMILES string of the molecule is O=C(Nc1ccccc1C#CCO)c1cc(Br)sc1Br. The number of carbonyl (C=O) groups is 1. The van der Waals surface area contributed by atoms with Crippen LogP contribution in [0.2, 0.25) is 0 Å². The molecule has 1 amide bonds. The fourth-order valence-electron chi connectivity index (χ4n) is 1.52. The van der Waals surface area contributed by atoms with Crippen LogP contribution in [0.4, 0.5) is 5.69 Å². The van der Waals surface area contributed by atoms with Gasteiger partial charge in [0, 0.05) is 5.56 Å². The summed E-state index contributed by atoms with van der Waals surface area (Å²) in [7, 11) is 0. The van der Waals surface area contributed by atoms with Crippen molar-refractivity contribution in [1.29, 1.82) is 0 Å². The first-order valence-electron chi connectivity index (χ1n) is 5.56. The molecule has 2 N–H and O–H groups in total. The molecular formula is C14H9Br2NO2S. The number of hydrogen-bond acceptors (Lipinski definition) is 3. The normalized spacial score (nSPS) is 9.75. The van der Waals surface area contributed by atoms with Crippen LogP contribution in [-0.4, -0.2) is 17.6 Å². The Labute approximate surface area is 137 Å². The summed E-state index contributed by atoms with van der Waals surface area (Å²) in [6.45, 7) is -0.217. The number of nitrogens with one attached hydrogen (secondary N) is 1. The Morgan fingerprint density at radius 3 is 2.75 bits per heavy atom. The molecule has 1 heterocycles. The van der Waals surface area contributed by atoms with Crippen molar-refractivity contribution in [2.75, 3.05) is 11.9 Å². The first kappa shape index (κ1) is 15.3. The lowest BCUT2D eigenvalue weighted by molar-refractivity contribution is 0.102. The highest BCUT2D eigenvalue weighted by molar-refractivity contribution is 9.12. The number of anilines is 1. The smallest absolute Gasteiger partial charge is 0.257 e. The van der Waals surface area contributed by atoms with E-state index >= 15 is 0 Å². The second-order valence-corrected chi connectivity index (χ2v) is 7.45. The van der Waals surface area contributed by atoms with Crippen LogP contribution in [0.5, 0.6) is 0 Å². The van der Waals surface area contributed by atoms with Crippen molar-refractivity contribution in [3.05, 3.63) is 49.0 Å². The lowest BCUT2D eigenvalue weighted by atomic mass is 10.1. The van der Waals surface area contributed by atoms with Crippen LogP contribution < -0.4 is 5.32 Å². The van der Waals surface area contributed by atoms with Crippen LogP contribution in [0.25, 0.3) is 0 Å². The average molecular weight is 415 g/mol. The van der Waals surface area contributed by atoms with E-state index in [2.05, 4.69) is 49.0 Å². The van der Waals surface area contributed by atoms with Gasteiger partial charge in [-0.1, -0.05) is 24.0 Å². The molecule has 2 rings (SSSR count). The number of thiophene rings is 1. The molecule has 102 valence electrons. The van der Waals surface area contributed by atoms with E-state index in [9.17, 15) is 4.79 Å². The van der Waals surface area contributed by atoms with Gasteiger partial charge in [-0.05, 0) is 50.1 Å². The molecular weight excluding hydrogens is 406 g/mol. The first-order chi connectivity index (χ1) is 9.61. The van der Waals surface area contributed by atoms with Gasteiger partial charge in [-0.15, -0.1) is 11.3 Å². The van der Waals surface area contributed by atoms with Crippen LogP contribution in [-0.2, 0) is 0 Å². The summed E-state index contributed by atoms with van der Waals surface area (Å²) < 4.78 is 1.64. The van der Waals surface area contributed by atoms with Gasteiger partial charge in [0.05, 0.1) is 18.8 Å². The Kier molecular flexibility index (Phi) is 5.38. The number of para-hydroxylation sites is 1. The molecule has 2 aromatic rings. The number of rotatable bonds is 2. The van der Waals surface area contributed by atoms with Gasteiger partial charge in [0.2, 0.25) is 0 Å². The van der Waals surface area contributed by atoms with Gasteiger partial charge in [0.15, 0.2) is 0 Å². The van der Waals surface area contributed by atoms with Crippen molar-refractivity contribution in [3.63, 3.8) is 0 Å². The van der Waals surface area contributed by atoms with Crippen molar-refractivity contribution in [3.8, 4) is 11.8 Å². The maximum atomic E-state index is 12.2. The molecule has 0 spiro atoms. The van der Waals surface area contributed by atoms with E-state index < -0.39 is 0 Å². The Morgan fingerprint density at radius 2 is 2.10 bits per heavy atom. The van der Waals surface area contributed by atoms with Crippen LogP contribution in [0.3, 0.4) is 0 Å². The maximum Gasteiger partial charge on any atom is 0.257 e. The molecule has 0 saturated carbocycles. The molecule has 0 atom stereocenters. The quantitative estimate of drug-likeness (QED) is 0.732. The number of halogens is 2. The third-order valence-corrected chi connectivity index (χ3v) is 4.72. The molecule has 0 fully saturated rings. The van der Waals surface area contributed by atoms with Crippen molar-refractivity contribution >= 4 is 54.8 Å². The number of benzene rings is 1. The van der Waals surface area contributed by atoms with Crippen molar-refractivity contribution < 1.29 is 9.90 Å². The average Bonchev–Trinajstić information content (AvgIpc) is 2.77. The predicted molar refractivity (Wildman–Crippen MR) is 88.1 cm³/mol. The van der Waals surface area contributed by atoms with E-state index in [1.165, 1.54) is 11.3 Å². The highest BCUT2D eigenvalue weighted by Gasteiger charge is 2.14. The molecule has 0 aliphatic carbocycles. The Hall–Kier alpha value is -1.13. The van der Waals surface area contributed by atoms with Gasteiger partial charge in [-0.2, -0.15) is 0 Å². The van der Waals surface area contributed by atoms with Gasteiger partial charge >= 0.3 is 0 Å². The zero-order valence-corrected chi connectivity index (χ0v) is 14.1. The molecule has 1 aromatic heterocycles. The first-order valence-corrected chi connectivity index (χ1v) is 7.97. The second kappa shape index (κ2) is 7.04. The predicted octanol–water partition coefficient (Wildman–Crippen LogP) is 3.87. The summed E-state index contributed by atoms with van der Waals surface area (Å²) in [5.41, 5.74) is 1.85. The number of carbonyl (C=O) groups excluding carboxylic acids is 1. The largest absolute Gasteiger partial charge is 0.384 e. The van der Waals surface area contributed by atoms with E-state index in [0.29, 0.717) is 16.8 Å². The maximum absolute atomic E-state index is 12.2. The van der Waals surface area contributed by atoms with Gasteiger partial charge in [-0.3, -0.25) is 4.79 Å². The Morgan fingerprint density at radius 1 is 1.35 bits per heavy atom. The van der Waals surface area contributed by atoms with Crippen LogP contribution in [0.15, 0.2) is 37.9 Å². The Balaban J connectivity index is 2.26. The molecule has 20 heavy (non-hydrogen) atoms. The highest BCUT2D eigenvalue weighted by Crippen LogP contribution is 2.32. The van der Waals surface area contributed by atoms with Gasteiger partial charge in [-0.25, -0.2) is 0 Å². The minimum absolute atomic E-state index is 0.211. The summed E-state index contributed by atoms with van der Waals surface area (Å²) >= 11 is 8.14. The topological polar surface area (TPSA) is 49.3 Å². The standard InChI is InChI=1S/C14H9Br2NO2S/c15-12-8-10(13(16)20-12)14(19)17-11-6-2-1-4-9(11)5-3-7-18/h1-2,4,6,8,18H,7H2,(H,17,19). The third kappa shape index (κ3) is 3.70.